The summed E-state index contributed by atoms with van der Waals surface area (Å²) in [6.07, 6.45) is -0.142. The van der Waals surface area contributed by atoms with E-state index in [1.807, 2.05) is 7.05 Å². The Labute approximate surface area is 196 Å². The molecule has 2 aromatic rings. The summed E-state index contributed by atoms with van der Waals surface area (Å²) in [6, 6.07) is 13.0. The number of rotatable bonds is 4. The molecule has 0 saturated heterocycles. The standard InChI is InChI=1S/C24H33N3O5S/c1-17-14-26(3)18(2)16-32-22-12-11-19(25-33(29,30)20-9-7-6-8-10-20)13-21(22)24(28)27(4)15-23(17)31-5/h6-13,17-18,23,25H,14-16H2,1-5H3/t17-,18+,23+/m1/s1. The summed E-state index contributed by atoms with van der Waals surface area (Å²) in [4.78, 5) is 17.3. The second-order valence-corrected chi connectivity index (χ2v) is 10.3. The summed E-state index contributed by atoms with van der Waals surface area (Å²) >= 11 is 0. The summed E-state index contributed by atoms with van der Waals surface area (Å²) < 4.78 is 39.8. The van der Waals surface area contributed by atoms with Crippen LogP contribution in [0.15, 0.2) is 53.4 Å². The average Bonchev–Trinajstić information content (AvgIpc) is 2.80. The number of fused-ring (bicyclic) bond motifs is 1. The lowest BCUT2D eigenvalue weighted by Gasteiger charge is -2.34. The molecule has 1 heterocycles. The number of carbonyl (C=O) groups is 1. The van der Waals surface area contributed by atoms with Crippen molar-refractivity contribution in [3.8, 4) is 5.75 Å². The zero-order valence-electron chi connectivity index (χ0n) is 19.8. The van der Waals surface area contributed by atoms with Gasteiger partial charge in [-0.2, -0.15) is 0 Å². The van der Waals surface area contributed by atoms with Crippen molar-refractivity contribution in [1.82, 2.24) is 9.80 Å². The summed E-state index contributed by atoms with van der Waals surface area (Å²) in [5.41, 5.74) is 0.584. The summed E-state index contributed by atoms with van der Waals surface area (Å²) in [5, 5.41) is 0. The van der Waals surface area contributed by atoms with E-state index in [1.54, 1.807) is 49.4 Å². The van der Waals surface area contributed by atoms with Gasteiger partial charge in [-0.15, -0.1) is 0 Å². The molecule has 1 aliphatic heterocycles. The van der Waals surface area contributed by atoms with Crippen molar-refractivity contribution >= 4 is 21.6 Å². The smallest absolute Gasteiger partial charge is 0.261 e. The molecule has 33 heavy (non-hydrogen) atoms. The highest BCUT2D eigenvalue weighted by Gasteiger charge is 2.27. The molecule has 0 bridgehead atoms. The molecule has 0 saturated carbocycles. The molecule has 8 nitrogen and oxygen atoms in total. The summed E-state index contributed by atoms with van der Waals surface area (Å²) in [7, 11) is 1.62. The first-order chi connectivity index (χ1) is 15.6. The minimum atomic E-state index is -3.79. The van der Waals surface area contributed by atoms with Gasteiger partial charge in [-0.3, -0.25) is 14.4 Å². The predicted octanol–water partition coefficient (Wildman–Crippen LogP) is 2.92. The first-order valence-corrected chi connectivity index (χ1v) is 12.4. The molecule has 0 unspecified atom stereocenters. The third-order valence-electron chi connectivity index (χ3n) is 6.06. The van der Waals surface area contributed by atoms with Crippen LogP contribution >= 0.6 is 0 Å². The molecule has 1 aliphatic rings. The number of hydrogen-bond acceptors (Lipinski definition) is 6. The van der Waals surface area contributed by atoms with E-state index in [2.05, 4.69) is 23.5 Å². The van der Waals surface area contributed by atoms with Gasteiger partial charge in [0, 0.05) is 39.0 Å². The van der Waals surface area contributed by atoms with Crippen molar-refractivity contribution in [3.63, 3.8) is 0 Å². The maximum atomic E-state index is 13.4. The minimum absolute atomic E-state index is 0.112. The van der Waals surface area contributed by atoms with Crippen molar-refractivity contribution in [2.24, 2.45) is 5.92 Å². The molecular formula is C24H33N3O5S. The normalized spacial score (nSPS) is 23.1. The Kier molecular flexibility index (Phi) is 7.99. The number of hydrogen-bond donors (Lipinski definition) is 1. The fourth-order valence-corrected chi connectivity index (χ4v) is 4.91. The van der Waals surface area contributed by atoms with Crippen molar-refractivity contribution in [3.05, 3.63) is 54.1 Å². The van der Waals surface area contributed by atoms with Crippen LogP contribution in [0, 0.1) is 5.92 Å². The number of nitrogens with zero attached hydrogens (tertiary/aromatic N) is 2. The van der Waals surface area contributed by atoms with Crippen LogP contribution in [-0.4, -0.2) is 77.2 Å². The number of ether oxygens (including phenoxy) is 2. The van der Waals surface area contributed by atoms with Gasteiger partial charge in [0.15, 0.2) is 0 Å². The van der Waals surface area contributed by atoms with E-state index in [-0.39, 0.29) is 34.6 Å². The Morgan fingerprint density at radius 3 is 2.42 bits per heavy atom. The van der Waals surface area contributed by atoms with Gasteiger partial charge in [-0.25, -0.2) is 8.42 Å². The molecule has 3 atom stereocenters. The van der Waals surface area contributed by atoms with Crippen LogP contribution < -0.4 is 9.46 Å². The van der Waals surface area contributed by atoms with Crippen LogP contribution in [0.5, 0.6) is 5.75 Å². The van der Waals surface area contributed by atoms with Gasteiger partial charge in [0.25, 0.3) is 15.9 Å². The van der Waals surface area contributed by atoms with Gasteiger partial charge < -0.3 is 14.4 Å². The van der Waals surface area contributed by atoms with Gasteiger partial charge in [-0.1, -0.05) is 25.1 Å². The van der Waals surface area contributed by atoms with E-state index >= 15 is 0 Å². The topological polar surface area (TPSA) is 88.2 Å². The number of likely N-dealkylation sites (N-methyl/N-ethyl adjacent to an activating group) is 2. The van der Waals surface area contributed by atoms with E-state index in [1.165, 1.54) is 18.2 Å². The molecule has 0 aromatic heterocycles. The van der Waals surface area contributed by atoms with Crippen LogP contribution in [0.25, 0.3) is 0 Å². The van der Waals surface area contributed by atoms with E-state index in [4.69, 9.17) is 9.47 Å². The molecule has 1 amide bonds. The van der Waals surface area contributed by atoms with E-state index in [9.17, 15) is 13.2 Å². The summed E-state index contributed by atoms with van der Waals surface area (Å²) in [6.45, 7) is 5.76. The van der Waals surface area contributed by atoms with Crippen molar-refractivity contribution in [1.29, 1.82) is 0 Å². The van der Waals surface area contributed by atoms with Gasteiger partial charge in [0.05, 0.1) is 16.6 Å². The lowest BCUT2D eigenvalue weighted by Crippen LogP contribution is -2.45. The number of methoxy groups -OCH3 is 1. The molecule has 0 spiro atoms. The van der Waals surface area contributed by atoms with Gasteiger partial charge in [-0.05, 0) is 50.2 Å². The fraction of sp³-hybridized carbons (Fsp3) is 0.458. The number of benzene rings is 2. The lowest BCUT2D eigenvalue weighted by molar-refractivity contribution is 0.0150. The first-order valence-electron chi connectivity index (χ1n) is 11.0. The Morgan fingerprint density at radius 2 is 1.76 bits per heavy atom. The SMILES string of the molecule is CO[C@H]1CN(C)C(=O)c2cc(NS(=O)(=O)c3ccccc3)ccc2OC[C@H](C)N(C)C[C@H]1C. The molecule has 180 valence electrons. The van der Waals surface area contributed by atoms with Crippen molar-refractivity contribution < 1.29 is 22.7 Å². The number of nitrogens with one attached hydrogen (secondary N) is 1. The van der Waals surface area contributed by atoms with E-state index < -0.39 is 10.0 Å². The molecule has 0 radical (unpaired) electrons. The number of sulfonamides is 1. The maximum absolute atomic E-state index is 13.4. The number of anilines is 1. The monoisotopic (exact) mass is 475 g/mol. The minimum Gasteiger partial charge on any atom is -0.491 e. The van der Waals surface area contributed by atoms with Gasteiger partial charge in [0.1, 0.15) is 12.4 Å². The van der Waals surface area contributed by atoms with E-state index in [0.29, 0.717) is 24.5 Å². The van der Waals surface area contributed by atoms with Crippen LogP contribution in [0.4, 0.5) is 5.69 Å². The Morgan fingerprint density at radius 1 is 1.06 bits per heavy atom. The van der Waals surface area contributed by atoms with Crippen LogP contribution in [0.3, 0.4) is 0 Å². The highest BCUT2D eigenvalue weighted by Crippen LogP contribution is 2.27. The number of carbonyl (C=O) groups excluding carboxylic acids is 1. The van der Waals surface area contributed by atoms with Gasteiger partial charge in [0.2, 0.25) is 0 Å². The summed E-state index contributed by atoms with van der Waals surface area (Å²) in [5.74, 6) is 0.347. The molecule has 0 aliphatic carbocycles. The Bertz CT molecular complexity index is 1060. The Balaban J connectivity index is 1.96. The van der Waals surface area contributed by atoms with Crippen LogP contribution in [-0.2, 0) is 14.8 Å². The lowest BCUT2D eigenvalue weighted by atomic mass is 10.0. The van der Waals surface area contributed by atoms with Crippen LogP contribution in [0.1, 0.15) is 24.2 Å². The van der Waals surface area contributed by atoms with Crippen molar-refractivity contribution in [2.75, 3.05) is 45.6 Å². The van der Waals surface area contributed by atoms with Crippen molar-refractivity contribution in [2.45, 2.75) is 30.9 Å². The second-order valence-electron chi connectivity index (χ2n) is 8.67. The highest BCUT2D eigenvalue weighted by atomic mass is 32.2. The predicted molar refractivity (Wildman–Crippen MR) is 128 cm³/mol. The zero-order chi connectivity index (χ0) is 24.2. The molecule has 0 fully saturated rings. The fourth-order valence-electron chi connectivity index (χ4n) is 3.83. The van der Waals surface area contributed by atoms with Gasteiger partial charge >= 0.3 is 0 Å². The molecule has 1 N–H and O–H groups in total. The quantitative estimate of drug-likeness (QED) is 0.732. The third kappa shape index (κ3) is 6.04. The molecule has 3 rings (SSSR count). The maximum Gasteiger partial charge on any atom is 0.261 e. The first kappa shape index (κ1) is 25.0. The van der Waals surface area contributed by atoms with E-state index in [0.717, 1.165) is 6.54 Å². The molecular weight excluding hydrogens is 442 g/mol. The van der Waals surface area contributed by atoms with Crippen LogP contribution in [0.2, 0.25) is 0 Å². The zero-order valence-corrected chi connectivity index (χ0v) is 20.6. The molecule has 9 heteroatoms. The second kappa shape index (κ2) is 10.5. The molecule has 2 aromatic carbocycles. The Hall–Kier alpha value is -2.62. The number of amides is 1. The highest BCUT2D eigenvalue weighted by molar-refractivity contribution is 7.92. The third-order valence-corrected chi connectivity index (χ3v) is 7.46. The average molecular weight is 476 g/mol. The largest absolute Gasteiger partial charge is 0.491 e.